The fraction of sp³-hybridized carbons (Fsp3) is 0.0909. The molecule has 0 bridgehead atoms. The fourth-order valence-corrected chi connectivity index (χ4v) is 3.77. The van der Waals surface area contributed by atoms with E-state index in [0.29, 0.717) is 30.3 Å². The van der Waals surface area contributed by atoms with Crippen LogP contribution in [0.5, 0.6) is 11.5 Å². The first-order valence-corrected chi connectivity index (χ1v) is 13.4. The first-order valence-electron chi connectivity index (χ1n) is 12.6. The Hall–Kier alpha value is -4.92. The molecule has 0 spiro atoms. The lowest BCUT2D eigenvalue weighted by Gasteiger charge is -2.12. The van der Waals surface area contributed by atoms with Gasteiger partial charge >= 0.3 is 0 Å². The molecule has 2 aromatic heterocycles. The van der Waals surface area contributed by atoms with Gasteiger partial charge in [0.15, 0.2) is 11.5 Å². The second-order valence-electron chi connectivity index (χ2n) is 8.40. The van der Waals surface area contributed by atoms with E-state index < -0.39 is 0 Å². The predicted octanol–water partition coefficient (Wildman–Crippen LogP) is 7.55. The van der Waals surface area contributed by atoms with Gasteiger partial charge in [0.1, 0.15) is 30.9 Å². The third-order valence-electron chi connectivity index (χ3n) is 5.45. The molecule has 2 heterocycles. The van der Waals surface area contributed by atoms with Crippen molar-refractivity contribution in [3.63, 3.8) is 0 Å². The number of benzene rings is 3. The van der Waals surface area contributed by atoms with Crippen LogP contribution < -0.4 is 9.47 Å². The minimum absolute atomic E-state index is 0.140. The van der Waals surface area contributed by atoms with Crippen LogP contribution >= 0.6 is 23.2 Å². The Morgan fingerprint density at radius 3 is 1.29 bits per heavy atom. The molecule has 7 nitrogen and oxygen atoms in total. The van der Waals surface area contributed by atoms with Crippen LogP contribution in [0.3, 0.4) is 0 Å². The number of aliphatic hydroxyl groups is 1. The van der Waals surface area contributed by atoms with Crippen molar-refractivity contribution < 1.29 is 14.6 Å². The fourth-order valence-electron chi connectivity index (χ4n) is 3.32. The Morgan fingerprint density at radius 2 is 0.952 bits per heavy atom. The van der Waals surface area contributed by atoms with Gasteiger partial charge < -0.3 is 14.6 Å². The van der Waals surface area contributed by atoms with Gasteiger partial charge in [-0.25, -0.2) is 0 Å². The van der Waals surface area contributed by atoms with E-state index in [0.717, 1.165) is 16.7 Å². The molecule has 0 atom stereocenters. The van der Waals surface area contributed by atoms with Crippen molar-refractivity contribution in [2.45, 2.75) is 19.8 Å². The largest absolute Gasteiger partial charge is 0.486 e. The SMILES string of the molecule is N#Cc1c(Cl)cncc1Cl.N#Cc1c(OCc2ccccc2)cncc1OCc1ccccc1.OCc1ccccc1. The van der Waals surface area contributed by atoms with Crippen LogP contribution in [0.4, 0.5) is 0 Å². The van der Waals surface area contributed by atoms with Gasteiger partial charge in [-0.05, 0) is 16.7 Å². The molecule has 0 unspecified atom stereocenters. The van der Waals surface area contributed by atoms with Gasteiger partial charge in [-0.2, -0.15) is 10.5 Å². The smallest absolute Gasteiger partial charge is 0.159 e. The molecule has 210 valence electrons. The molecular weight excluding hydrogens is 571 g/mol. The molecule has 0 aliphatic rings. The summed E-state index contributed by atoms with van der Waals surface area (Å²) in [5.41, 5.74) is 3.65. The zero-order chi connectivity index (χ0) is 30.0. The number of aromatic nitrogens is 2. The molecule has 0 amide bonds. The molecule has 0 saturated heterocycles. The van der Waals surface area contributed by atoms with Crippen molar-refractivity contribution in [2.75, 3.05) is 0 Å². The lowest BCUT2D eigenvalue weighted by atomic mass is 10.2. The van der Waals surface area contributed by atoms with Crippen molar-refractivity contribution >= 4 is 23.2 Å². The van der Waals surface area contributed by atoms with Crippen molar-refractivity contribution in [3.8, 4) is 23.6 Å². The standard InChI is InChI=1S/C20H16N2O2.C7H8O.C6H2Cl2N2/c21-11-18-19(23-14-16-7-3-1-4-8-16)12-22-13-20(18)24-15-17-9-5-2-6-10-17;8-6-7-4-2-1-3-5-7;7-5-2-10-3-6(8)4(5)1-9/h1-10,12-13H,14-15H2;1-5,8H,6H2;2-3H. The zero-order valence-electron chi connectivity index (χ0n) is 22.4. The lowest BCUT2D eigenvalue weighted by molar-refractivity contribution is 0.282. The Bertz CT molecular complexity index is 1530. The number of pyridine rings is 2. The third kappa shape index (κ3) is 10.2. The van der Waals surface area contributed by atoms with E-state index in [-0.39, 0.29) is 22.2 Å². The predicted molar refractivity (Wildman–Crippen MR) is 162 cm³/mol. The number of rotatable bonds is 7. The van der Waals surface area contributed by atoms with E-state index in [2.05, 4.69) is 16.0 Å². The van der Waals surface area contributed by atoms with Gasteiger partial charge in [-0.1, -0.05) is 114 Å². The normalized spacial score (nSPS) is 9.55. The molecule has 5 aromatic rings. The first kappa shape index (κ1) is 31.6. The first-order chi connectivity index (χ1) is 20.5. The highest BCUT2D eigenvalue weighted by atomic mass is 35.5. The molecule has 0 fully saturated rings. The second kappa shape index (κ2) is 17.7. The number of halogens is 2. The minimum atomic E-state index is 0.140. The lowest BCUT2D eigenvalue weighted by Crippen LogP contribution is -2.02. The maximum Gasteiger partial charge on any atom is 0.159 e. The maximum atomic E-state index is 9.46. The Morgan fingerprint density at radius 1 is 0.571 bits per heavy atom. The van der Waals surface area contributed by atoms with Gasteiger partial charge in [0, 0.05) is 12.4 Å². The van der Waals surface area contributed by atoms with E-state index in [1.165, 1.54) is 24.8 Å². The van der Waals surface area contributed by atoms with Gasteiger partial charge in [0.2, 0.25) is 0 Å². The summed E-state index contributed by atoms with van der Waals surface area (Å²) in [6, 6.07) is 33.1. The molecule has 42 heavy (non-hydrogen) atoms. The molecular formula is C33H26Cl2N4O3. The van der Waals surface area contributed by atoms with Gasteiger partial charge in [0.25, 0.3) is 0 Å². The van der Waals surface area contributed by atoms with Crippen LogP contribution in [0.25, 0.3) is 0 Å². The van der Waals surface area contributed by atoms with Gasteiger partial charge in [-0.15, -0.1) is 0 Å². The molecule has 0 aliphatic carbocycles. The van der Waals surface area contributed by atoms with Gasteiger partial charge in [0.05, 0.1) is 34.6 Å². The van der Waals surface area contributed by atoms with Gasteiger partial charge in [-0.3, -0.25) is 9.97 Å². The average molecular weight is 598 g/mol. The van der Waals surface area contributed by atoms with Crippen LogP contribution in [0.1, 0.15) is 27.8 Å². The summed E-state index contributed by atoms with van der Waals surface area (Å²) in [4.78, 5) is 7.79. The summed E-state index contributed by atoms with van der Waals surface area (Å²) < 4.78 is 11.5. The van der Waals surface area contributed by atoms with E-state index in [4.69, 9.17) is 43.0 Å². The number of ether oxygens (including phenoxy) is 2. The van der Waals surface area contributed by atoms with Crippen LogP contribution in [0.15, 0.2) is 116 Å². The van der Waals surface area contributed by atoms with E-state index >= 15 is 0 Å². The summed E-state index contributed by atoms with van der Waals surface area (Å²) in [6.45, 7) is 0.888. The van der Waals surface area contributed by atoms with Crippen molar-refractivity contribution in [1.82, 2.24) is 9.97 Å². The maximum absolute atomic E-state index is 9.46. The molecule has 0 aliphatic heterocycles. The number of hydrogen-bond donors (Lipinski definition) is 1. The van der Waals surface area contributed by atoms with E-state index in [9.17, 15) is 5.26 Å². The highest BCUT2D eigenvalue weighted by molar-refractivity contribution is 6.36. The molecule has 0 saturated carbocycles. The van der Waals surface area contributed by atoms with Crippen molar-refractivity contribution in [3.05, 3.63) is 154 Å². The van der Waals surface area contributed by atoms with Crippen LogP contribution in [-0.2, 0) is 19.8 Å². The van der Waals surface area contributed by atoms with E-state index in [1.54, 1.807) is 0 Å². The summed E-state index contributed by atoms with van der Waals surface area (Å²) in [5, 5.41) is 27.0. The molecule has 0 radical (unpaired) electrons. The average Bonchev–Trinajstić information content (AvgIpc) is 3.05. The van der Waals surface area contributed by atoms with Crippen LogP contribution in [-0.4, -0.2) is 15.1 Å². The Balaban J connectivity index is 0.000000219. The van der Waals surface area contributed by atoms with E-state index in [1.807, 2.05) is 97.1 Å². The Kier molecular flexibility index (Phi) is 13.3. The topological polar surface area (TPSA) is 112 Å². The van der Waals surface area contributed by atoms with Crippen molar-refractivity contribution in [1.29, 1.82) is 10.5 Å². The Labute approximate surface area is 254 Å². The number of nitriles is 2. The molecule has 9 heteroatoms. The number of aliphatic hydroxyl groups excluding tert-OH is 1. The summed E-state index contributed by atoms with van der Waals surface area (Å²) in [7, 11) is 0. The number of nitrogens with zero attached hydrogens (tertiary/aromatic N) is 4. The third-order valence-corrected chi connectivity index (χ3v) is 6.03. The number of hydrogen-bond acceptors (Lipinski definition) is 7. The minimum Gasteiger partial charge on any atom is -0.486 e. The molecule has 5 rings (SSSR count). The second-order valence-corrected chi connectivity index (χ2v) is 9.22. The monoisotopic (exact) mass is 596 g/mol. The highest BCUT2D eigenvalue weighted by Gasteiger charge is 2.12. The van der Waals surface area contributed by atoms with Crippen LogP contribution in [0, 0.1) is 22.7 Å². The quantitative estimate of drug-likeness (QED) is 0.206. The summed E-state index contributed by atoms with van der Waals surface area (Å²) in [5.74, 6) is 0.846. The molecule has 1 N–H and O–H groups in total. The molecule has 3 aromatic carbocycles. The summed E-state index contributed by atoms with van der Waals surface area (Å²) >= 11 is 11.1. The van der Waals surface area contributed by atoms with Crippen LogP contribution in [0.2, 0.25) is 10.0 Å². The zero-order valence-corrected chi connectivity index (χ0v) is 23.9. The van der Waals surface area contributed by atoms with Crippen molar-refractivity contribution in [2.24, 2.45) is 0 Å². The summed E-state index contributed by atoms with van der Waals surface area (Å²) in [6.07, 6.45) is 5.84. The highest BCUT2D eigenvalue weighted by Crippen LogP contribution is 2.27.